The summed E-state index contributed by atoms with van der Waals surface area (Å²) < 4.78 is 33.3. The van der Waals surface area contributed by atoms with Crippen molar-refractivity contribution in [3.63, 3.8) is 0 Å². The summed E-state index contributed by atoms with van der Waals surface area (Å²) in [6.45, 7) is 9.20. The molecule has 0 saturated carbocycles. The van der Waals surface area contributed by atoms with E-state index < -0.39 is 10.0 Å². The minimum atomic E-state index is -3.51. The van der Waals surface area contributed by atoms with E-state index in [1.165, 1.54) is 5.69 Å². The van der Waals surface area contributed by atoms with Crippen LogP contribution in [0.25, 0.3) is 0 Å². The maximum absolute atomic E-state index is 12.6. The van der Waals surface area contributed by atoms with Gasteiger partial charge in [-0.25, -0.2) is 13.1 Å². The van der Waals surface area contributed by atoms with Crippen LogP contribution in [0.2, 0.25) is 0 Å². The van der Waals surface area contributed by atoms with Gasteiger partial charge in [0.15, 0.2) is 0 Å². The molecule has 1 aliphatic rings. The average Bonchev–Trinajstić information content (AvgIpc) is 2.71. The standard InChI is InChI=1S/C21H29N3O3S/c1-3-27-21-10-9-20(17-18(21)2)28(25,26)22-11-12-23-13-15-24(16-14-23)19-7-5-4-6-8-19/h4-10,17,22H,3,11-16H2,1-2H3. The molecule has 0 aromatic heterocycles. The lowest BCUT2D eigenvalue weighted by Crippen LogP contribution is -2.48. The fourth-order valence-corrected chi connectivity index (χ4v) is 4.50. The molecule has 6 nitrogen and oxygen atoms in total. The van der Waals surface area contributed by atoms with E-state index in [0.29, 0.717) is 19.7 Å². The first-order valence-corrected chi connectivity index (χ1v) is 11.2. The molecular formula is C21H29N3O3S. The number of nitrogens with one attached hydrogen (secondary N) is 1. The van der Waals surface area contributed by atoms with Crippen molar-refractivity contribution in [3.8, 4) is 5.75 Å². The Bertz CT molecular complexity index is 864. The van der Waals surface area contributed by atoms with Gasteiger partial charge in [0.05, 0.1) is 11.5 Å². The Morgan fingerprint density at radius 3 is 2.39 bits per heavy atom. The van der Waals surface area contributed by atoms with Crippen LogP contribution in [0, 0.1) is 6.92 Å². The number of piperazine rings is 1. The summed E-state index contributed by atoms with van der Waals surface area (Å²) in [6, 6.07) is 15.4. The smallest absolute Gasteiger partial charge is 0.240 e. The predicted molar refractivity (Wildman–Crippen MR) is 113 cm³/mol. The van der Waals surface area contributed by atoms with Crippen LogP contribution < -0.4 is 14.4 Å². The Hall–Kier alpha value is -2.09. The maximum atomic E-state index is 12.6. The summed E-state index contributed by atoms with van der Waals surface area (Å²) in [7, 11) is -3.51. The van der Waals surface area contributed by atoms with Crippen LogP contribution in [-0.4, -0.2) is 59.2 Å². The van der Waals surface area contributed by atoms with E-state index >= 15 is 0 Å². The van der Waals surface area contributed by atoms with Crippen LogP contribution in [0.5, 0.6) is 5.75 Å². The van der Waals surface area contributed by atoms with Gasteiger partial charge in [-0.05, 0) is 49.7 Å². The van der Waals surface area contributed by atoms with Crippen molar-refractivity contribution in [2.75, 3.05) is 50.8 Å². The Morgan fingerprint density at radius 2 is 1.75 bits per heavy atom. The molecule has 152 valence electrons. The number of para-hydroxylation sites is 1. The summed E-state index contributed by atoms with van der Waals surface area (Å²) in [5, 5.41) is 0. The molecule has 0 radical (unpaired) electrons. The Balaban J connectivity index is 1.48. The molecule has 1 N–H and O–H groups in total. The van der Waals surface area contributed by atoms with Gasteiger partial charge in [0, 0.05) is 45.0 Å². The highest BCUT2D eigenvalue weighted by Gasteiger charge is 2.19. The molecule has 0 amide bonds. The first-order chi connectivity index (χ1) is 13.5. The van der Waals surface area contributed by atoms with E-state index in [2.05, 4.69) is 38.8 Å². The van der Waals surface area contributed by atoms with Crippen LogP contribution in [0.3, 0.4) is 0 Å². The third kappa shape index (κ3) is 5.25. The fraction of sp³-hybridized carbons (Fsp3) is 0.429. The number of benzene rings is 2. The second-order valence-electron chi connectivity index (χ2n) is 6.92. The van der Waals surface area contributed by atoms with Crippen molar-refractivity contribution in [2.24, 2.45) is 0 Å². The van der Waals surface area contributed by atoms with Crippen molar-refractivity contribution >= 4 is 15.7 Å². The number of ether oxygens (including phenoxy) is 1. The Morgan fingerprint density at radius 1 is 1.04 bits per heavy atom. The maximum Gasteiger partial charge on any atom is 0.240 e. The van der Waals surface area contributed by atoms with E-state index in [4.69, 9.17) is 4.74 Å². The van der Waals surface area contributed by atoms with Crippen LogP contribution in [0.15, 0.2) is 53.4 Å². The number of hydrogen-bond donors (Lipinski definition) is 1. The van der Waals surface area contributed by atoms with Gasteiger partial charge in [-0.1, -0.05) is 18.2 Å². The van der Waals surface area contributed by atoms with E-state index in [0.717, 1.165) is 37.5 Å². The molecule has 28 heavy (non-hydrogen) atoms. The Labute approximate surface area is 168 Å². The van der Waals surface area contributed by atoms with E-state index in [1.807, 2.05) is 19.9 Å². The van der Waals surface area contributed by atoms with Crippen LogP contribution in [-0.2, 0) is 10.0 Å². The van der Waals surface area contributed by atoms with Gasteiger partial charge < -0.3 is 9.64 Å². The minimum Gasteiger partial charge on any atom is -0.494 e. The van der Waals surface area contributed by atoms with E-state index in [-0.39, 0.29) is 4.90 Å². The molecular weight excluding hydrogens is 374 g/mol. The summed E-state index contributed by atoms with van der Waals surface area (Å²) in [6.07, 6.45) is 0. The zero-order chi connectivity index (χ0) is 20.0. The monoisotopic (exact) mass is 403 g/mol. The first kappa shape index (κ1) is 20.6. The number of sulfonamides is 1. The van der Waals surface area contributed by atoms with Crippen molar-refractivity contribution in [1.29, 1.82) is 0 Å². The number of nitrogens with zero attached hydrogens (tertiary/aromatic N) is 2. The summed E-state index contributed by atoms with van der Waals surface area (Å²) in [5.41, 5.74) is 2.07. The second kappa shape index (κ2) is 9.41. The average molecular weight is 404 g/mol. The molecule has 1 fully saturated rings. The Kier molecular flexibility index (Phi) is 6.93. The van der Waals surface area contributed by atoms with Crippen LogP contribution in [0.4, 0.5) is 5.69 Å². The van der Waals surface area contributed by atoms with Gasteiger partial charge in [-0.15, -0.1) is 0 Å². The highest BCUT2D eigenvalue weighted by atomic mass is 32.2. The van der Waals surface area contributed by atoms with Crippen LogP contribution >= 0.6 is 0 Å². The van der Waals surface area contributed by atoms with Crippen molar-refractivity contribution in [2.45, 2.75) is 18.7 Å². The molecule has 2 aromatic rings. The highest BCUT2D eigenvalue weighted by Crippen LogP contribution is 2.21. The fourth-order valence-electron chi connectivity index (χ4n) is 3.40. The first-order valence-electron chi connectivity index (χ1n) is 9.75. The van der Waals surface area contributed by atoms with Crippen molar-refractivity contribution in [3.05, 3.63) is 54.1 Å². The molecule has 7 heteroatoms. The van der Waals surface area contributed by atoms with Gasteiger partial charge in [-0.2, -0.15) is 0 Å². The molecule has 1 aliphatic heterocycles. The van der Waals surface area contributed by atoms with Crippen molar-refractivity contribution < 1.29 is 13.2 Å². The lowest BCUT2D eigenvalue weighted by molar-refractivity contribution is 0.262. The van der Waals surface area contributed by atoms with Crippen LogP contribution in [0.1, 0.15) is 12.5 Å². The topological polar surface area (TPSA) is 61.9 Å². The molecule has 0 unspecified atom stereocenters. The summed E-state index contributed by atoms with van der Waals surface area (Å²) >= 11 is 0. The third-order valence-corrected chi connectivity index (χ3v) is 6.43. The van der Waals surface area contributed by atoms with Gasteiger partial charge in [0.1, 0.15) is 5.75 Å². The third-order valence-electron chi connectivity index (χ3n) is 4.97. The molecule has 1 heterocycles. The van der Waals surface area contributed by atoms with Gasteiger partial charge in [-0.3, -0.25) is 4.90 Å². The number of rotatable bonds is 8. The van der Waals surface area contributed by atoms with E-state index in [1.54, 1.807) is 18.2 Å². The molecule has 3 rings (SSSR count). The molecule has 0 spiro atoms. The zero-order valence-electron chi connectivity index (χ0n) is 16.6. The zero-order valence-corrected chi connectivity index (χ0v) is 17.4. The summed E-state index contributed by atoms with van der Waals surface area (Å²) in [4.78, 5) is 4.94. The van der Waals surface area contributed by atoms with E-state index in [9.17, 15) is 8.42 Å². The summed E-state index contributed by atoms with van der Waals surface area (Å²) in [5.74, 6) is 0.720. The second-order valence-corrected chi connectivity index (χ2v) is 8.69. The quantitative estimate of drug-likeness (QED) is 0.734. The molecule has 0 aliphatic carbocycles. The van der Waals surface area contributed by atoms with Crippen molar-refractivity contribution in [1.82, 2.24) is 9.62 Å². The molecule has 0 atom stereocenters. The lowest BCUT2D eigenvalue weighted by atomic mass is 10.2. The SMILES string of the molecule is CCOc1ccc(S(=O)(=O)NCCN2CCN(c3ccccc3)CC2)cc1C. The molecule has 0 bridgehead atoms. The normalized spacial score (nSPS) is 15.6. The lowest BCUT2D eigenvalue weighted by Gasteiger charge is -2.36. The van der Waals surface area contributed by atoms with Gasteiger partial charge in [0.25, 0.3) is 0 Å². The van der Waals surface area contributed by atoms with Gasteiger partial charge in [0.2, 0.25) is 10.0 Å². The van der Waals surface area contributed by atoms with Gasteiger partial charge >= 0.3 is 0 Å². The number of hydrogen-bond acceptors (Lipinski definition) is 5. The highest BCUT2D eigenvalue weighted by molar-refractivity contribution is 7.89. The molecule has 1 saturated heterocycles. The number of anilines is 1. The molecule has 2 aromatic carbocycles. The largest absolute Gasteiger partial charge is 0.494 e. The minimum absolute atomic E-state index is 0.280. The number of aryl methyl sites for hydroxylation is 1. The predicted octanol–water partition coefficient (Wildman–Crippen LogP) is 2.49.